The van der Waals surface area contributed by atoms with Crippen LogP contribution in [-0.4, -0.2) is 35.4 Å². The summed E-state index contributed by atoms with van der Waals surface area (Å²) in [4.78, 5) is 27.2. The number of hydrogen-bond donors (Lipinski definition) is 3. The molecule has 25 heavy (non-hydrogen) atoms. The van der Waals surface area contributed by atoms with Crippen LogP contribution in [0.3, 0.4) is 0 Å². The quantitative estimate of drug-likeness (QED) is 0.495. The average Bonchev–Trinajstić information content (AvgIpc) is 2.94. The van der Waals surface area contributed by atoms with Gasteiger partial charge in [0.15, 0.2) is 5.75 Å². The van der Waals surface area contributed by atoms with Crippen LogP contribution in [-0.2, 0) is 9.47 Å². The number of phenolic OH excluding ortho intramolecular Hbond substituents is 1. The second-order valence-corrected chi connectivity index (χ2v) is 5.31. The highest BCUT2D eigenvalue weighted by molar-refractivity contribution is 6.17. The number of rotatable bonds is 4. The summed E-state index contributed by atoms with van der Waals surface area (Å²) in [5, 5.41) is 14.5. The molecule has 0 saturated carbocycles. The van der Waals surface area contributed by atoms with Crippen LogP contribution < -0.4 is 5.32 Å². The second-order valence-electron chi connectivity index (χ2n) is 5.31. The van der Waals surface area contributed by atoms with E-state index in [0.717, 1.165) is 10.9 Å². The number of phenols is 1. The lowest BCUT2D eigenvalue weighted by Crippen LogP contribution is -2.14. The first-order valence-electron chi connectivity index (χ1n) is 7.94. The van der Waals surface area contributed by atoms with Gasteiger partial charge in [0.1, 0.15) is 5.56 Å². The number of nitrogens with one attached hydrogen (secondary N) is 2. The fraction of sp³-hybridized carbons (Fsp3) is 0.222. The van der Waals surface area contributed by atoms with Gasteiger partial charge in [-0.15, -0.1) is 0 Å². The molecule has 1 heterocycles. The number of esters is 1. The van der Waals surface area contributed by atoms with E-state index in [1.165, 1.54) is 0 Å². The van der Waals surface area contributed by atoms with Crippen molar-refractivity contribution in [3.05, 3.63) is 35.9 Å². The van der Waals surface area contributed by atoms with Gasteiger partial charge in [0.25, 0.3) is 0 Å². The number of anilines is 1. The predicted molar refractivity (Wildman–Crippen MR) is 94.1 cm³/mol. The maximum absolute atomic E-state index is 12.4. The number of benzene rings is 2. The van der Waals surface area contributed by atoms with E-state index < -0.39 is 12.1 Å². The summed E-state index contributed by atoms with van der Waals surface area (Å²) < 4.78 is 9.90. The minimum atomic E-state index is -0.716. The molecule has 0 bridgehead atoms. The third kappa shape index (κ3) is 2.96. The van der Waals surface area contributed by atoms with Gasteiger partial charge < -0.3 is 19.6 Å². The molecule has 1 amide bonds. The molecule has 7 nitrogen and oxygen atoms in total. The number of H-pyrrole nitrogens is 1. The third-order valence-corrected chi connectivity index (χ3v) is 3.77. The van der Waals surface area contributed by atoms with E-state index in [9.17, 15) is 14.7 Å². The summed E-state index contributed by atoms with van der Waals surface area (Å²) in [6.45, 7) is 3.70. The van der Waals surface area contributed by atoms with Gasteiger partial charge in [-0.2, -0.15) is 0 Å². The zero-order valence-corrected chi connectivity index (χ0v) is 13.9. The summed E-state index contributed by atoms with van der Waals surface area (Å²) in [7, 11) is 0. The number of ether oxygens (including phenoxy) is 2. The fourth-order valence-electron chi connectivity index (χ4n) is 2.75. The van der Waals surface area contributed by atoms with E-state index in [4.69, 9.17) is 9.47 Å². The smallest absolute Gasteiger partial charge is 0.411 e. The first-order chi connectivity index (χ1) is 12.1. The Labute approximate surface area is 143 Å². The van der Waals surface area contributed by atoms with Gasteiger partial charge >= 0.3 is 12.1 Å². The van der Waals surface area contributed by atoms with Crippen LogP contribution in [0.2, 0.25) is 0 Å². The van der Waals surface area contributed by atoms with Crippen LogP contribution in [0.5, 0.6) is 5.75 Å². The average molecular weight is 342 g/mol. The molecule has 0 saturated heterocycles. The Bertz CT molecular complexity index is 961. The van der Waals surface area contributed by atoms with E-state index in [2.05, 4.69) is 10.3 Å². The minimum absolute atomic E-state index is 0.0256. The molecule has 0 radical (unpaired) electrons. The number of carbonyl (C=O) groups is 2. The molecule has 7 heteroatoms. The second kappa shape index (κ2) is 6.72. The number of hydrogen-bond acceptors (Lipinski definition) is 5. The first-order valence-corrected chi connectivity index (χ1v) is 7.94. The van der Waals surface area contributed by atoms with Gasteiger partial charge in [-0.05, 0) is 26.0 Å². The maximum Gasteiger partial charge on any atom is 0.411 e. The van der Waals surface area contributed by atoms with Gasteiger partial charge in [-0.1, -0.05) is 18.2 Å². The Balaban J connectivity index is 2.26. The van der Waals surface area contributed by atoms with Gasteiger partial charge in [-0.25, -0.2) is 9.59 Å². The van der Waals surface area contributed by atoms with Crippen molar-refractivity contribution >= 4 is 39.6 Å². The lowest BCUT2D eigenvalue weighted by Gasteiger charge is -2.12. The molecule has 0 atom stereocenters. The van der Waals surface area contributed by atoms with Gasteiger partial charge in [0, 0.05) is 16.3 Å². The van der Waals surface area contributed by atoms with Crippen molar-refractivity contribution < 1.29 is 24.2 Å². The topological polar surface area (TPSA) is 101 Å². The van der Waals surface area contributed by atoms with Gasteiger partial charge in [-0.3, -0.25) is 5.32 Å². The Morgan fingerprint density at radius 3 is 2.56 bits per heavy atom. The molecule has 3 rings (SSSR count). The monoisotopic (exact) mass is 342 g/mol. The maximum atomic E-state index is 12.4. The molecular formula is C18H18N2O5. The molecule has 2 aromatic carbocycles. The number of fused-ring (bicyclic) bond motifs is 3. The highest BCUT2D eigenvalue weighted by Crippen LogP contribution is 2.38. The van der Waals surface area contributed by atoms with E-state index in [1.807, 2.05) is 24.3 Å². The van der Waals surface area contributed by atoms with Crippen LogP contribution in [0, 0.1) is 0 Å². The lowest BCUT2D eigenvalue weighted by atomic mass is 10.1. The van der Waals surface area contributed by atoms with Gasteiger partial charge in [0.05, 0.1) is 24.4 Å². The molecule has 0 aliphatic heterocycles. The summed E-state index contributed by atoms with van der Waals surface area (Å²) in [6, 6.07) is 9.07. The minimum Gasteiger partial charge on any atom is -0.505 e. The van der Waals surface area contributed by atoms with Gasteiger partial charge in [0.2, 0.25) is 0 Å². The van der Waals surface area contributed by atoms with Crippen LogP contribution in [0.1, 0.15) is 24.2 Å². The number of aromatic nitrogens is 1. The zero-order valence-electron chi connectivity index (χ0n) is 13.9. The summed E-state index contributed by atoms with van der Waals surface area (Å²) in [6.07, 6.45) is -0.716. The van der Waals surface area contributed by atoms with Crippen molar-refractivity contribution in [2.45, 2.75) is 13.8 Å². The number of aromatic hydroxyl groups is 1. The van der Waals surface area contributed by atoms with Crippen LogP contribution in [0.15, 0.2) is 30.3 Å². The van der Waals surface area contributed by atoms with Crippen molar-refractivity contribution in [1.29, 1.82) is 0 Å². The number of carbonyl (C=O) groups excluding carboxylic acids is 2. The van der Waals surface area contributed by atoms with Crippen molar-refractivity contribution in [2.75, 3.05) is 18.5 Å². The van der Waals surface area contributed by atoms with E-state index in [1.54, 1.807) is 19.9 Å². The normalized spacial score (nSPS) is 10.8. The fourth-order valence-corrected chi connectivity index (χ4v) is 2.75. The summed E-state index contributed by atoms with van der Waals surface area (Å²) in [5.74, 6) is -1.05. The van der Waals surface area contributed by atoms with Crippen molar-refractivity contribution in [3.63, 3.8) is 0 Å². The molecule has 3 N–H and O–H groups in total. The Morgan fingerprint density at radius 2 is 1.84 bits per heavy atom. The Morgan fingerprint density at radius 1 is 1.12 bits per heavy atom. The molecule has 0 spiro atoms. The molecule has 0 fully saturated rings. The third-order valence-electron chi connectivity index (χ3n) is 3.77. The number of amides is 1. The molecule has 0 aliphatic carbocycles. The van der Waals surface area contributed by atoms with E-state index in [0.29, 0.717) is 10.9 Å². The molecule has 0 unspecified atom stereocenters. The number of aromatic amines is 1. The highest BCUT2D eigenvalue weighted by atomic mass is 16.5. The molecule has 3 aromatic rings. The van der Waals surface area contributed by atoms with E-state index in [-0.39, 0.29) is 30.2 Å². The first kappa shape index (κ1) is 16.6. The Kier molecular flexibility index (Phi) is 4.47. The van der Waals surface area contributed by atoms with Crippen LogP contribution >= 0.6 is 0 Å². The molecule has 130 valence electrons. The van der Waals surface area contributed by atoms with Crippen LogP contribution in [0.25, 0.3) is 21.8 Å². The molecule has 1 aromatic heterocycles. The molecule has 0 aliphatic rings. The van der Waals surface area contributed by atoms with Crippen LogP contribution in [0.4, 0.5) is 10.5 Å². The molecular weight excluding hydrogens is 324 g/mol. The SMILES string of the molecule is CCOC(=O)Nc1cc2c([nH]c3ccccc32)c(C(=O)OCC)c1O. The van der Waals surface area contributed by atoms with Crippen molar-refractivity contribution in [1.82, 2.24) is 4.98 Å². The Hall–Kier alpha value is -3.22. The number of para-hydroxylation sites is 1. The summed E-state index contributed by atoms with van der Waals surface area (Å²) in [5.41, 5.74) is 1.31. The predicted octanol–water partition coefficient (Wildman–Crippen LogP) is 3.77. The summed E-state index contributed by atoms with van der Waals surface area (Å²) >= 11 is 0. The van der Waals surface area contributed by atoms with E-state index >= 15 is 0 Å². The largest absolute Gasteiger partial charge is 0.505 e. The van der Waals surface area contributed by atoms with Crippen molar-refractivity contribution in [3.8, 4) is 5.75 Å². The highest BCUT2D eigenvalue weighted by Gasteiger charge is 2.24. The van der Waals surface area contributed by atoms with Crippen molar-refractivity contribution in [2.24, 2.45) is 0 Å². The zero-order chi connectivity index (χ0) is 18.0. The lowest BCUT2D eigenvalue weighted by molar-refractivity contribution is 0.0525. The standard InChI is InChI=1S/C18H18N2O5/c1-3-24-17(22)14-15-11(10-7-5-6-8-12(10)19-15)9-13(16(14)21)20-18(23)25-4-2/h5-9,19,21H,3-4H2,1-2H3,(H,20,23).